The first-order chi connectivity index (χ1) is 15.7. The molecule has 8 nitrogen and oxygen atoms in total. The number of carbonyl (C=O) groups is 1. The predicted molar refractivity (Wildman–Crippen MR) is 126 cm³/mol. The Morgan fingerprint density at radius 2 is 2.16 bits per heavy atom. The van der Waals surface area contributed by atoms with Crippen LogP contribution in [0.25, 0.3) is 5.65 Å². The molecule has 1 saturated heterocycles. The van der Waals surface area contributed by atoms with E-state index in [0.717, 1.165) is 55.0 Å². The van der Waals surface area contributed by atoms with Crippen LogP contribution in [0.5, 0.6) is 0 Å². The normalized spacial score (nSPS) is 16.5. The largest absolute Gasteiger partial charge is 0.360 e. The van der Waals surface area contributed by atoms with Crippen LogP contribution in [0.2, 0.25) is 0 Å². The number of aliphatic imine (C=N–C) groups is 1. The molecule has 168 valence electrons. The number of nitrogens with one attached hydrogen (secondary N) is 3. The monoisotopic (exact) mass is 434 g/mol. The Hall–Kier alpha value is -3.23. The first-order valence-corrected chi connectivity index (χ1v) is 11.0. The van der Waals surface area contributed by atoms with Gasteiger partial charge >= 0.3 is 0 Å². The van der Waals surface area contributed by atoms with Crippen molar-refractivity contribution in [2.45, 2.75) is 38.6 Å². The van der Waals surface area contributed by atoms with Gasteiger partial charge in [0.25, 0.3) is 5.91 Å². The summed E-state index contributed by atoms with van der Waals surface area (Å²) in [4.78, 5) is 21.8. The van der Waals surface area contributed by atoms with E-state index in [1.807, 2.05) is 54.2 Å². The second kappa shape index (κ2) is 10.4. The molecule has 1 aliphatic heterocycles. The molecular formula is C24H30N6O2. The highest BCUT2D eigenvalue weighted by Gasteiger charge is 2.18. The van der Waals surface area contributed by atoms with E-state index in [1.165, 1.54) is 5.56 Å². The average molecular weight is 435 g/mol. The lowest BCUT2D eigenvalue weighted by molar-refractivity contribution is 0.0343. The van der Waals surface area contributed by atoms with Crippen molar-refractivity contribution in [3.05, 3.63) is 65.1 Å². The maximum Gasteiger partial charge on any atom is 0.252 e. The van der Waals surface area contributed by atoms with Gasteiger partial charge in [-0.2, -0.15) is 0 Å². The Morgan fingerprint density at radius 1 is 1.25 bits per heavy atom. The summed E-state index contributed by atoms with van der Waals surface area (Å²) in [6.07, 6.45) is 8.83. The van der Waals surface area contributed by atoms with Gasteiger partial charge in [-0.15, -0.1) is 0 Å². The van der Waals surface area contributed by atoms with Gasteiger partial charge in [-0.1, -0.05) is 12.1 Å². The fourth-order valence-electron chi connectivity index (χ4n) is 3.94. The third-order valence-electron chi connectivity index (χ3n) is 5.48. The second-order valence-electron chi connectivity index (χ2n) is 7.90. The molecule has 0 saturated carbocycles. The van der Waals surface area contributed by atoms with Crippen LogP contribution in [0, 0.1) is 0 Å². The SMILES string of the molecule is CN=Cc1c(NC2CCCCO2)cccc1C(=O)NCc1cn2cc(CNC)ccc2n1. The van der Waals surface area contributed by atoms with E-state index in [2.05, 4.69) is 25.9 Å². The van der Waals surface area contributed by atoms with Crippen LogP contribution < -0.4 is 16.0 Å². The van der Waals surface area contributed by atoms with Crippen LogP contribution in [0.4, 0.5) is 5.69 Å². The molecule has 2 aromatic heterocycles. The Labute approximate surface area is 188 Å². The Bertz CT molecular complexity index is 1100. The number of imidazole rings is 1. The molecule has 1 amide bonds. The lowest BCUT2D eigenvalue weighted by Gasteiger charge is -2.25. The van der Waals surface area contributed by atoms with Gasteiger partial charge < -0.3 is 25.1 Å². The average Bonchev–Trinajstić information content (AvgIpc) is 3.22. The van der Waals surface area contributed by atoms with Crippen LogP contribution in [0.1, 0.15) is 46.4 Å². The highest BCUT2D eigenvalue weighted by molar-refractivity contribution is 6.05. The Kier molecular flexibility index (Phi) is 7.14. The van der Waals surface area contributed by atoms with Gasteiger partial charge in [-0.05, 0) is 50.1 Å². The first kappa shape index (κ1) is 22.0. The summed E-state index contributed by atoms with van der Waals surface area (Å²) in [5.41, 5.74) is 5.00. The summed E-state index contributed by atoms with van der Waals surface area (Å²) in [5, 5.41) is 9.57. The second-order valence-corrected chi connectivity index (χ2v) is 7.90. The number of aromatic nitrogens is 2. The molecule has 32 heavy (non-hydrogen) atoms. The first-order valence-electron chi connectivity index (χ1n) is 11.0. The fourth-order valence-corrected chi connectivity index (χ4v) is 3.94. The molecule has 3 N–H and O–H groups in total. The highest BCUT2D eigenvalue weighted by atomic mass is 16.5. The van der Waals surface area contributed by atoms with Crippen molar-refractivity contribution < 1.29 is 9.53 Å². The molecule has 1 atom stereocenters. The van der Waals surface area contributed by atoms with Crippen molar-refractivity contribution >= 4 is 23.5 Å². The summed E-state index contributed by atoms with van der Waals surface area (Å²) in [6, 6.07) is 9.67. The zero-order valence-corrected chi connectivity index (χ0v) is 18.6. The van der Waals surface area contributed by atoms with Gasteiger partial charge in [0, 0.05) is 50.1 Å². The van der Waals surface area contributed by atoms with Gasteiger partial charge in [0.15, 0.2) is 0 Å². The summed E-state index contributed by atoms with van der Waals surface area (Å²) in [5.74, 6) is -0.166. The maximum atomic E-state index is 13.0. The number of nitrogens with zero attached hydrogens (tertiary/aromatic N) is 3. The molecule has 1 aromatic carbocycles. The molecule has 1 fully saturated rings. The number of fused-ring (bicyclic) bond motifs is 1. The Balaban J connectivity index is 1.48. The molecule has 0 radical (unpaired) electrons. The summed E-state index contributed by atoms with van der Waals surface area (Å²) in [7, 11) is 3.62. The molecule has 3 heterocycles. The maximum absolute atomic E-state index is 13.0. The molecule has 0 aliphatic carbocycles. The van der Waals surface area contributed by atoms with Crippen LogP contribution in [-0.4, -0.2) is 48.4 Å². The number of anilines is 1. The Morgan fingerprint density at radius 3 is 2.94 bits per heavy atom. The number of hydrogen-bond donors (Lipinski definition) is 3. The van der Waals surface area contributed by atoms with Crippen LogP contribution >= 0.6 is 0 Å². The topological polar surface area (TPSA) is 92.1 Å². The molecule has 0 spiro atoms. The summed E-state index contributed by atoms with van der Waals surface area (Å²) >= 11 is 0. The lowest BCUT2D eigenvalue weighted by Crippen LogP contribution is -2.29. The number of benzene rings is 1. The van der Waals surface area contributed by atoms with Crippen molar-refractivity contribution in [1.29, 1.82) is 0 Å². The van der Waals surface area contributed by atoms with E-state index in [4.69, 9.17) is 4.74 Å². The van der Waals surface area contributed by atoms with Gasteiger partial charge in [-0.25, -0.2) is 4.98 Å². The molecule has 1 aliphatic rings. The minimum Gasteiger partial charge on any atom is -0.360 e. The number of carbonyl (C=O) groups excluding carboxylic acids is 1. The van der Waals surface area contributed by atoms with E-state index < -0.39 is 0 Å². The van der Waals surface area contributed by atoms with E-state index in [9.17, 15) is 4.79 Å². The van der Waals surface area contributed by atoms with Gasteiger partial charge in [0.05, 0.1) is 17.8 Å². The van der Waals surface area contributed by atoms with Crippen LogP contribution in [0.15, 0.2) is 47.7 Å². The molecule has 1 unspecified atom stereocenters. The van der Waals surface area contributed by atoms with Gasteiger partial charge in [0.2, 0.25) is 0 Å². The number of hydrogen-bond acceptors (Lipinski definition) is 6. The van der Waals surface area contributed by atoms with Crippen molar-refractivity contribution in [2.24, 2.45) is 4.99 Å². The molecule has 8 heteroatoms. The predicted octanol–water partition coefficient (Wildman–Crippen LogP) is 2.97. The quantitative estimate of drug-likeness (QED) is 0.474. The van der Waals surface area contributed by atoms with Crippen molar-refractivity contribution in [2.75, 3.05) is 26.0 Å². The standard InChI is InChI=1S/C24H30N6O2/c1-25-12-17-9-10-22-28-18(16-30(22)15-17)13-27-24(31)19-6-5-7-21(20(19)14-26-2)29-23-8-3-4-11-32-23/h5-7,9-10,14-16,23,25,29H,3-4,8,11-13H2,1-2H3,(H,27,31). The zero-order valence-electron chi connectivity index (χ0n) is 18.6. The minimum absolute atomic E-state index is 0.0446. The van der Waals surface area contributed by atoms with Gasteiger partial charge in [0.1, 0.15) is 11.9 Å². The highest BCUT2D eigenvalue weighted by Crippen LogP contribution is 2.22. The van der Waals surface area contributed by atoms with E-state index in [-0.39, 0.29) is 12.1 Å². The van der Waals surface area contributed by atoms with E-state index in [0.29, 0.717) is 12.1 Å². The van der Waals surface area contributed by atoms with E-state index >= 15 is 0 Å². The fraction of sp³-hybridized carbons (Fsp3) is 0.375. The minimum atomic E-state index is -0.166. The van der Waals surface area contributed by atoms with Crippen molar-refractivity contribution in [3.63, 3.8) is 0 Å². The van der Waals surface area contributed by atoms with Crippen molar-refractivity contribution in [3.8, 4) is 0 Å². The third-order valence-corrected chi connectivity index (χ3v) is 5.48. The molecule has 3 aromatic rings. The number of ether oxygens (including phenoxy) is 1. The summed E-state index contributed by atoms with van der Waals surface area (Å²) < 4.78 is 7.79. The number of pyridine rings is 1. The molecule has 4 rings (SSSR count). The summed E-state index contributed by atoms with van der Waals surface area (Å²) in [6.45, 7) is 1.89. The third kappa shape index (κ3) is 5.15. The number of amides is 1. The van der Waals surface area contributed by atoms with E-state index in [1.54, 1.807) is 13.3 Å². The lowest BCUT2D eigenvalue weighted by atomic mass is 10.0. The molecule has 0 bridgehead atoms. The van der Waals surface area contributed by atoms with Gasteiger partial charge in [-0.3, -0.25) is 9.79 Å². The molecular weight excluding hydrogens is 404 g/mol. The van der Waals surface area contributed by atoms with Crippen LogP contribution in [0.3, 0.4) is 0 Å². The number of rotatable bonds is 8. The van der Waals surface area contributed by atoms with Crippen LogP contribution in [-0.2, 0) is 17.8 Å². The van der Waals surface area contributed by atoms with Crippen molar-refractivity contribution in [1.82, 2.24) is 20.0 Å². The smallest absolute Gasteiger partial charge is 0.252 e. The zero-order chi connectivity index (χ0) is 22.3.